The lowest BCUT2D eigenvalue weighted by molar-refractivity contribution is 1.30. The third-order valence-electron chi connectivity index (χ3n) is 11.3. The molecule has 0 heterocycles. The highest BCUT2D eigenvalue weighted by molar-refractivity contribution is 6.21. The van der Waals surface area contributed by atoms with Crippen molar-refractivity contribution < 1.29 is 0 Å². The predicted octanol–water partition coefficient (Wildman–Crippen LogP) is 15.4. The van der Waals surface area contributed by atoms with Gasteiger partial charge in [-0.3, -0.25) is 0 Å². The van der Waals surface area contributed by atoms with Crippen LogP contribution < -0.4 is 4.90 Å². The van der Waals surface area contributed by atoms with Gasteiger partial charge in [0.1, 0.15) is 0 Å². The first kappa shape index (κ1) is 35.4. The second kappa shape index (κ2) is 15.5. The van der Waals surface area contributed by atoms with Gasteiger partial charge < -0.3 is 4.90 Å². The van der Waals surface area contributed by atoms with Gasteiger partial charge in [0, 0.05) is 16.8 Å². The molecule has 10 rings (SSSR count). The average Bonchev–Trinajstić information content (AvgIpc) is 3.31. The summed E-state index contributed by atoms with van der Waals surface area (Å²) in [5.41, 5.74) is 13.1. The molecule has 0 bridgehead atoms. The molecule has 0 spiro atoms. The molecule has 10 aromatic rings. The lowest BCUT2D eigenvalue weighted by Crippen LogP contribution is -2.10. The first-order valence-electron chi connectivity index (χ1n) is 20.0. The normalized spacial score (nSPS) is 11.5. The molecule has 0 aliphatic heterocycles. The third-order valence-corrected chi connectivity index (χ3v) is 11.3. The van der Waals surface area contributed by atoms with E-state index in [9.17, 15) is 5.26 Å². The lowest BCUT2D eigenvalue weighted by Gasteiger charge is -2.27. The van der Waals surface area contributed by atoms with Crippen LogP contribution in [0.5, 0.6) is 0 Å². The Morgan fingerprint density at radius 2 is 0.881 bits per heavy atom. The summed E-state index contributed by atoms with van der Waals surface area (Å²) in [5.74, 6) is 0. The van der Waals surface area contributed by atoms with Gasteiger partial charge in [-0.15, -0.1) is 0 Å². The molecule has 0 N–H and O–H groups in total. The number of nitriles is 1. The molecule has 2 heteroatoms. The number of benzene rings is 10. The molecule has 0 atom stereocenters. The molecule has 0 aromatic heterocycles. The fourth-order valence-electron chi connectivity index (χ4n) is 8.56. The third kappa shape index (κ3) is 6.72. The number of hydrogen-bond donors (Lipinski definition) is 0. The molecule has 10 aromatic carbocycles. The molecule has 0 aliphatic rings. The predicted molar refractivity (Wildman–Crippen MR) is 249 cm³/mol. The summed E-state index contributed by atoms with van der Waals surface area (Å²) in [5, 5.41) is 16.9. The summed E-state index contributed by atoms with van der Waals surface area (Å²) in [6.07, 6.45) is 2.22. The average molecular weight is 751 g/mol. The van der Waals surface area contributed by atoms with Crippen molar-refractivity contribution in [3.63, 3.8) is 0 Å². The molecule has 0 amide bonds. The summed E-state index contributed by atoms with van der Waals surface area (Å²) in [6, 6.07) is 81.9. The van der Waals surface area contributed by atoms with Gasteiger partial charge >= 0.3 is 0 Å². The summed E-state index contributed by atoms with van der Waals surface area (Å²) < 4.78 is 0. The Balaban J connectivity index is 1.08. The second-order valence-electron chi connectivity index (χ2n) is 14.8. The number of para-hydroxylation sites is 1. The van der Waals surface area contributed by atoms with E-state index in [0.717, 1.165) is 44.9 Å². The smallest absolute Gasteiger partial charge is 0.0991 e. The first-order chi connectivity index (χ1) is 29.2. The van der Waals surface area contributed by atoms with Gasteiger partial charge in [0.25, 0.3) is 0 Å². The van der Waals surface area contributed by atoms with Crippen molar-refractivity contribution in [3.05, 3.63) is 247 Å². The van der Waals surface area contributed by atoms with Gasteiger partial charge in [-0.25, -0.2) is 0 Å². The Labute approximate surface area is 344 Å². The maximum absolute atomic E-state index is 9.64. The zero-order chi connectivity index (χ0) is 39.5. The quantitative estimate of drug-likeness (QED) is 0.114. The number of hydrogen-bond acceptors (Lipinski definition) is 2. The Hall–Kier alpha value is -7.99. The molecule has 276 valence electrons. The molecule has 59 heavy (non-hydrogen) atoms. The van der Waals surface area contributed by atoms with Gasteiger partial charge in [0.05, 0.1) is 17.3 Å². The molecular formula is C57H38N2. The van der Waals surface area contributed by atoms with Crippen LogP contribution in [0.4, 0.5) is 17.1 Å². The van der Waals surface area contributed by atoms with Crippen LogP contribution in [-0.4, -0.2) is 0 Å². The molecule has 0 radical (unpaired) electrons. The first-order valence-corrected chi connectivity index (χ1v) is 20.0. The van der Waals surface area contributed by atoms with Gasteiger partial charge in [0.15, 0.2) is 0 Å². The molecular weight excluding hydrogens is 713 g/mol. The Morgan fingerprint density at radius 3 is 1.49 bits per heavy atom. The van der Waals surface area contributed by atoms with E-state index in [-0.39, 0.29) is 0 Å². The fourth-order valence-corrected chi connectivity index (χ4v) is 8.56. The minimum absolute atomic E-state index is 0.646. The number of anilines is 3. The van der Waals surface area contributed by atoms with Crippen LogP contribution in [0.25, 0.3) is 66.2 Å². The van der Waals surface area contributed by atoms with Crippen molar-refractivity contribution in [2.75, 3.05) is 4.90 Å². The summed E-state index contributed by atoms with van der Waals surface area (Å²) in [6.45, 7) is 0. The molecule has 0 aliphatic carbocycles. The monoisotopic (exact) mass is 750 g/mol. The Morgan fingerprint density at radius 1 is 0.407 bits per heavy atom. The number of nitrogens with zero attached hydrogens (tertiary/aromatic N) is 2. The van der Waals surface area contributed by atoms with Crippen LogP contribution in [-0.2, 0) is 0 Å². The van der Waals surface area contributed by atoms with Crippen LogP contribution in [0.3, 0.4) is 0 Å². The minimum atomic E-state index is 0.646. The maximum Gasteiger partial charge on any atom is 0.0991 e. The van der Waals surface area contributed by atoms with Gasteiger partial charge in [-0.05, 0) is 120 Å². The van der Waals surface area contributed by atoms with E-state index in [1.807, 2.05) is 24.3 Å². The minimum Gasteiger partial charge on any atom is -0.310 e. The van der Waals surface area contributed by atoms with Crippen molar-refractivity contribution >= 4 is 61.0 Å². The molecule has 0 unspecified atom stereocenters. The maximum atomic E-state index is 9.64. The van der Waals surface area contributed by atoms with Crippen LogP contribution in [0.15, 0.2) is 224 Å². The van der Waals surface area contributed by atoms with Crippen molar-refractivity contribution in [2.24, 2.45) is 0 Å². The van der Waals surface area contributed by atoms with E-state index in [1.165, 1.54) is 49.0 Å². The molecule has 2 nitrogen and oxygen atoms in total. The van der Waals surface area contributed by atoms with Crippen molar-refractivity contribution in [3.8, 4) is 28.3 Å². The molecule has 0 fully saturated rings. The van der Waals surface area contributed by atoms with Crippen LogP contribution in [0.2, 0.25) is 0 Å². The van der Waals surface area contributed by atoms with E-state index in [4.69, 9.17) is 0 Å². The van der Waals surface area contributed by atoms with E-state index >= 15 is 0 Å². The highest BCUT2D eigenvalue weighted by atomic mass is 15.1. The summed E-state index contributed by atoms with van der Waals surface area (Å²) in [7, 11) is 0. The summed E-state index contributed by atoms with van der Waals surface area (Å²) >= 11 is 0. The van der Waals surface area contributed by atoms with Gasteiger partial charge in [-0.1, -0.05) is 182 Å². The SMILES string of the molecule is N#Cc1cccc(/C(=C/c2ccc(-c3c4ccccc4c(-c4ccc(N(c5ccccc5)c5cccc6ccccc56)cc4)c4ccccc34)cc2)c2ccccc2)c1. The Kier molecular flexibility index (Phi) is 9.31. The van der Waals surface area contributed by atoms with Gasteiger partial charge in [-0.2, -0.15) is 5.26 Å². The standard InChI is InChI=1S/C57H38N2/c58-39-41-15-13-20-46(37-41)54(43-16-3-1-4-17-43)38-40-29-31-44(32-30-40)56-50-24-9-11-26-52(50)57(53-27-12-10-25-51(53)56)45-33-35-48(36-34-45)59(47-21-5-2-6-22-47)55-28-14-19-42-18-7-8-23-49(42)55/h1-38H/b54-38+. The highest BCUT2D eigenvalue weighted by Crippen LogP contribution is 2.45. The largest absolute Gasteiger partial charge is 0.310 e. The van der Waals surface area contributed by atoms with Crippen molar-refractivity contribution in [1.82, 2.24) is 0 Å². The number of rotatable bonds is 8. The van der Waals surface area contributed by atoms with Crippen molar-refractivity contribution in [2.45, 2.75) is 0 Å². The lowest BCUT2D eigenvalue weighted by atomic mass is 9.85. The van der Waals surface area contributed by atoms with E-state index in [2.05, 4.69) is 217 Å². The van der Waals surface area contributed by atoms with Crippen LogP contribution >= 0.6 is 0 Å². The number of fused-ring (bicyclic) bond motifs is 3. The van der Waals surface area contributed by atoms with Crippen LogP contribution in [0.1, 0.15) is 22.3 Å². The van der Waals surface area contributed by atoms with Crippen molar-refractivity contribution in [1.29, 1.82) is 5.26 Å². The zero-order valence-corrected chi connectivity index (χ0v) is 32.3. The zero-order valence-electron chi connectivity index (χ0n) is 32.3. The topological polar surface area (TPSA) is 27.0 Å². The fraction of sp³-hybridized carbons (Fsp3) is 0. The second-order valence-corrected chi connectivity index (χ2v) is 14.8. The molecule has 0 saturated carbocycles. The molecule has 0 saturated heterocycles. The summed E-state index contributed by atoms with van der Waals surface area (Å²) in [4.78, 5) is 2.36. The van der Waals surface area contributed by atoms with Crippen LogP contribution in [0, 0.1) is 11.3 Å². The van der Waals surface area contributed by atoms with E-state index in [1.54, 1.807) is 0 Å². The van der Waals surface area contributed by atoms with E-state index in [0.29, 0.717) is 5.56 Å². The van der Waals surface area contributed by atoms with E-state index < -0.39 is 0 Å². The highest BCUT2D eigenvalue weighted by Gasteiger charge is 2.19. The Bertz CT molecular complexity index is 3130. The van der Waals surface area contributed by atoms with Gasteiger partial charge in [0.2, 0.25) is 0 Å².